The molecule has 1 atom stereocenters. The number of hydrogen-bond acceptors (Lipinski definition) is 5. The first kappa shape index (κ1) is 22.8. The van der Waals surface area contributed by atoms with E-state index in [2.05, 4.69) is 18.8 Å². The standard InChI is InChI=1S/C29H28N2O4/c1-17(2)11-13-34-21-7-5-6-20(16-21)26-25-27(32)22-14-18(3)8-9-23(22)35-28(25)29(33)31(26)24-15-19(4)10-12-30-24/h5-10,12,14-17,26H,11,13H2,1-4H3/t26-/m1/s1. The van der Waals surface area contributed by atoms with Crippen molar-refractivity contribution in [2.24, 2.45) is 5.92 Å². The summed E-state index contributed by atoms with van der Waals surface area (Å²) in [6, 6.07) is 16.0. The molecule has 2 aromatic carbocycles. The van der Waals surface area contributed by atoms with Crippen LogP contribution in [0.1, 0.15) is 59.1 Å². The van der Waals surface area contributed by atoms with E-state index in [4.69, 9.17) is 9.15 Å². The Morgan fingerprint density at radius 2 is 1.83 bits per heavy atom. The molecule has 2 aromatic heterocycles. The lowest BCUT2D eigenvalue weighted by atomic mass is 9.98. The van der Waals surface area contributed by atoms with Gasteiger partial charge in [-0.3, -0.25) is 14.5 Å². The van der Waals surface area contributed by atoms with Gasteiger partial charge in [-0.2, -0.15) is 0 Å². The molecule has 35 heavy (non-hydrogen) atoms. The van der Waals surface area contributed by atoms with Gasteiger partial charge in [-0.25, -0.2) is 4.98 Å². The van der Waals surface area contributed by atoms with Crippen LogP contribution >= 0.6 is 0 Å². The maximum absolute atomic E-state index is 13.8. The summed E-state index contributed by atoms with van der Waals surface area (Å²) in [6.07, 6.45) is 2.60. The minimum atomic E-state index is -0.679. The summed E-state index contributed by atoms with van der Waals surface area (Å²) in [5.41, 5.74) is 3.20. The van der Waals surface area contributed by atoms with Gasteiger partial charge >= 0.3 is 0 Å². The first-order valence-electron chi connectivity index (χ1n) is 11.9. The van der Waals surface area contributed by atoms with Crippen LogP contribution in [0.3, 0.4) is 0 Å². The summed E-state index contributed by atoms with van der Waals surface area (Å²) >= 11 is 0. The summed E-state index contributed by atoms with van der Waals surface area (Å²) < 4.78 is 12.0. The molecule has 1 aliphatic rings. The number of pyridine rings is 1. The highest BCUT2D eigenvalue weighted by molar-refractivity contribution is 6.10. The Labute approximate surface area is 204 Å². The van der Waals surface area contributed by atoms with E-state index in [1.807, 2.05) is 62.4 Å². The molecular weight excluding hydrogens is 440 g/mol. The number of ether oxygens (including phenoxy) is 1. The highest BCUT2D eigenvalue weighted by Gasteiger charge is 2.44. The number of hydrogen-bond donors (Lipinski definition) is 0. The van der Waals surface area contributed by atoms with Gasteiger partial charge in [0, 0.05) is 6.20 Å². The van der Waals surface area contributed by atoms with Crippen LogP contribution in [0.15, 0.2) is 70.0 Å². The Kier molecular flexibility index (Phi) is 5.89. The molecule has 0 bridgehead atoms. The van der Waals surface area contributed by atoms with Gasteiger partial charge in [0.05, 0.1) is 23.6 Å². The van der Waals surface area contributed by atoms with Gasteiger partial charge in [0.1, 0.15) is 17.2 Å². The normalized spacial score (nSPS) is 15.2. The van der Waals surface area contributed by atoms with Gasteiger partial charge in [-0.05, 0) is 73.7 Å². The minimum absolute atomic E-state index is 0.0609. The molecule has 1 amide bonds. The molecule has 5 rings (SSSR count). The second-order valence-corrected chi connectivity index (χ2v) is 9.55. The van der Waals surface area contributed by atoms with Gasteiger partial charge in [0.15, 0.2) is 5.43 Å². The Bertz CT molecular complexity index is 1490. The third-order valence-electron chi connectivity index (χ3n) is 6.31. The fourth-order valence-corrected chi connectivity index (χ4v) is 4.48. The number of fused-ring (bicyclic) bond motifs is 2. The fraction of sp³-hybridized carbons (Fsp3) is 0.276. The lowest BCUT2D eigenvalue weighted by molar-refractivity contribution is 0.0970. The summed E-state index contributed by atoms with van der Waals surface area (Å²) in [4.78, 5) is 33.5. The SMILES string of the molecule is Cc1ccnc(N2C(=O)c3oc4ccc(C)cc4c(=O)c3[C@H]2c2cccc(OCCC(C)C)c2)c1. The fourth-order valence-electron chi connectivity index (χ4n) is 4.48. The van der Waals surface area contributed by atoms with Gasteiger partial charge in [-0.1, -0.05) is 37.6 Å². The van der Waals surface area contributed by atoms with Crippen molar-refractivity contribution in [3.05, 3.63) is 99.0 Å². The number of aryl methyl sites for hydroxylation is 2. The highest BCUT2D eigenvalue weighted by atomic mass is 16.5. The number of anilines is 1. The highest BCUT2D eigenvalue weighted by Crippen LogP contribution is 2.41. The number of carbonyl (C=O) groups is 1. The molecule has 0 spiro atoms. The molecule has 6 nitrogen and oxygen atoms in total. The van der Waals surface area contributed by atoms with Crippen LogP contribution in [0.25, 0.3) is 11.0 Å². The van der Waals surface area contributed by atoms with E-state index in [0.29, 0.717) is 40.6 Å². The van der Waals surface area contributed by atoms with E-state index in [-0.39, 0.29) is 17.1 Å². The zero-order valence-corrected chi connectivity index (χ0v) is 20.4. The van der Waals surface area contributed by atoms with Crippen molar-refractivity contribution in [1.29, 1.82) is 0 Å². The summed E-state index contributed by atoms with van der Waals surface area (Å²) in [7, 11) is 0. The van der Waals surface area contributed by atoms with Gasteiger partial charge in [0.25, 0.3) is 5.91 Å². The lowest BCUT2D eigenvalue weighted by Gasteiger charge is -2.24. The summed E-state index contributed by atoms with van der Waals surface area (Å²) in [6.45, 7) is 8.77. The van der Waals surface area contributed by atoms with E-state index in [1.54, 1.807) is 17.2 Å². The van der Waals surface area contributed by atoms with E-state index in [1.165, 1.54) is 0 Å². The maximum Gasteiger partial charge on any atom is 0.296 e. The van der Waals surface area contributed by atoms with Gasteiger partial charge < -0.3 is 9.15 Å². The number of rotatable bonds is 6. The number of aromatic nitrogens is 1. The third kappa shape index (κ3) is 4.20. The van der Waals surface area contributed by atoms with Crippen molar-refractivity contribution >= 4 is 22.7 Å². The second-order valence-electron chi connectivity index (χ2n) is 9.55. The lowest BCUT2D eigenvalue weighted by Crippen LogP contribution is -2.30. The van der Waals surface area contributed by atoms with Crippen molar-refractivity contribution in [1.82, 2.24) is 4.98 Å². The van der Waals surface area contributed by atoms with E-state index in [9.17, 15) is 9.59 Å². The molecule has 0 saturated heterocycles. The smallest absolute Gasteiger partial charge is 0.296 e. The van der Waals surface area contributed by atoms with Crippen LogP contribution in [-0.4, -0.2) is 17.5 Å². The summed E-state index contributed by atoms with van der Waals surface area (Å²) in [5, 5.41) is 0.463. The predicted octanol–water partition coefficient (Wildman–Crippen LogP) is 5.98. The molecule has 0 saturated carbocycles. The van der Waals surface area contributed by atoms with Crippen LogP contribution in [0, 0.1) is 19.8 Å². The van der Waals surface area contributed by atoms with Crippen LogP contribution in [0.5, 0.6) is 5.75 Å². The molecule has 0 aliphatic carbocycles. The Morgan fingerprint density at radius 1 is 1.03 bits per heavy atom. The van der Waals surface area contributed by atoms with Crippen molar-refractivity contribution in [2.45, 2.75) is 40.2 Å². The van der Waals surface area contributed by atoms with Gasteiger partial charge in [-0.15, -0.1) is 0 Å². The van der Waals surface area contributed by atoms with Crippen molar-refractivity contribution in [3.8, 4) is 5.75 Å². The molecule has 6 heteroatoms. The van der Waals surface area contributed by atoms with Crippen LogP contribution in [0.2, 0.25) is 0 Å². The summed E-state index contributed by atoms with van der Waals surface area (Å²) in [5.74, 6) is 1.38. The Balaban J connectivity index is 1.69. The maximum atomic E-state index is 13.8. The monoisotopic (exact) mass is 468 g/mol. The zero-order valence-electron chi connectivity index (χ0n) is 20.4. The number of benzene rings is 2. The first-order valence-corrected chi connectivity index (χ1v) is 11.9. The van der Waals surface area contributed by atoms with Crippen molar-refractivity contribution < 1.29 is 13.9 Å². The molecule has 3 heterocycles. The van der Waals surface area contributed by atoms with Crippen LogP contribution < -0.4 is 15.1 Å². The van der Waals surface area contributed by atoms with E-state index >= 15 is 0 Å². The predicted molar refractivity (Wildman–Crippen MR) is 136 cm³/mol. The van der Waals surface area contributed by atoms with E-state index in [0.717, 1.165) is 23.1 Å². The molecular formula is C29H28N2O4. The van der Waals surface area contributed by atoms with Crippen LogP contribution in [-0.2, 0) is 0 Å². The average molecular weight is 469 g/mol. The molecule has 178 valence electrons. The van der Waals surface area contributed by atoms with Gasteiger partial charge in [0.2, 0.25) is 5.76 Å². The minimum Gasteiger partial charge on any atom is -0.494 e. The Hall–Kier alpha value is -3.93. The number of amides is 1. The largest absolute Gasteiger partial charge is 0.494 e. The Morgan fingerprint density at radius 3 is 2.60 bits per heavy atom. The van der Waals surface area contributed by atoms with Crippen molar-refractivity contribution in [3.63, 3.8) is 0 Å². The average Bonchev–Trinajstić information content (AvgIpc) is 3.12. The van der Waals surface area contributed by atoms with E-state index < -0.39 is 6.04 Å². The molecule has 0 N–H and O–H groups in total. The molecule has 0 fully saturated rings. The molecule has 4 aromatic rings. The quantitative estimate of drug-likeness (QED) is 0.348. The topological polar surface area (TPSA) is 72.6 Å². The zero-order chi connectivity index (χ0) is 24.7. The molecule has 0 unspecified atom stereocenters. The third-order valence-corrected chi connectivity index (χ3v) is 6.31. The molecule has 0 radical (unpaired) electrons. The second kappa shape index (κ2) is 9.02. The first-order chi connectivity index (χ1) is 16.8. The number of nitrogens with zero attached hydrogens (tertiary/aromatic N) is 2. The molecule has 1 aliphatic heterocycles. The van der Waals surface area contributed by atoms with Crippen LogP contribution in [0.4, 0.5) is 5.82 Å². The number of carbonyl (C=O) groups excluding carboxylic acids is 1. The van der Waals surface area contributed by atoms with Crippen molar-refractivity contribution in [2.75, 3.05) is 11.5 Å².